The summed E-state index contributed by atoms with van der Waals surface area (Å²) in [5.41, 5.74) is 4.46. The van der Waals surface area contributed by atoms with E-state index in [0.717, 1.165) is 22.3 Å². The molecule has 0 unspecified atom stereocenters. The normalized spacial score (nSPS) is 13.0. The molecule has 1 aliphatic rings. The Labute approximate surface area is 174 Å². The zero-order chi connectivity index (χ0) is 20.8. The van der Waals surface area contributed by atoms with Gasteiger partial charge in [-0.1, -0.05) is 48.5 Å². The van der Waals surface area contributed by atoms with Crippen LogP contribution in [0.1, 0.15) is 17.0 Å². The Balaban J connectivity index is 1.60. The summed E-state index contributed by atoms with van der Waals surface area (Å²) in [7, 11) is 1.22. The molecule has 152 valence electrons. The first-order chi connectivity index (χ1) is 14.0. The molecule has 0 saturated heterocycles. The predicted molar refractivity (Wildman–Crippen MR) is 111 cm³/mol. The number of rotatable bonds is 7. The highest BCUT2D eigenvalue weighted by molar-refractivity contribution is 7.80. The van der Waals surface area contributed by atoms with Gasteiger partial charge in [0.1, 0.15) is 19.2 Å². The first-order valence-corrected chi connectivity index (χ1v) is 9.75. The van der Waals surface area contributed by atoms with Crippen molar-refractivity contribution in [1.29, 1.82) is 0 Å². The van der Waals surface area contributed by atoms with E-state index in [1.165, 1.54) is 7.11 Å². The number of benzene rings is 2. The second-order valence-corrected chi connectivity index (χ2v) is 6.86. The summed E-state index contributed by atoms with van der Waals surface area (Å²) in [4.78, 5) is 35.5. The van der Waals surface area contributed by atoms with Crippen molar-refractivity contribution in [3.8, 4) is 11.1 Å². The van der Waals surface area contributed by atoms with Crippen molar-refractivity contribution in [2.45, 2.75) is 12.0 Å². The van der Waals surface area contributed by atoms with E-state index >= 15 is 0 Å². The fourth-order valence-electron chi connectivity index (χ4n) is 3.33. The molecule has 2 N–H and O–H groups in total. The number of hydrogen-bond acceptors (Lipinski definition) is 6. The van der Waals surface area contributed by atoms with Crippen LogP contribution in [0, 0.1) is 0 Å². The summed E-state index contributed by atoms with van der Waals surface area (Å²) >= 11 is 4.08. The number of nitrogens with one attached hydrogen (secondary N) is 2. The highest BCUT2D eigenvalue weighted by Gasteiger charge is 2.29. The third-order valence-corrected chi connectivity index (χ3v) is 5.13. The molecule has 0 heterocycles. The molecule has 29 heavy (non-hydrogen) atoms. The molecule has 0 radical (unpaired) electrons. The molecule has 1 aliphatic carbocycles. The summed E-state index contributed by atoms with van der Waals surface area (Å²) in [6, 6.07) is 15.1. The van der Waals surface area contributed by atoms with Crippen molar-refractivity contribution in [3.63, 3.8) is 0 Å². The van der Waals surface area contributed by atoms with Gasteiger partial charge in [-0.3, -0.25) is 9.59 Å². The fraction of sp³-hybridized carbons (Fsp3) is 0.286. The van der Waals surface area contributed by atoms with E-state index in [0.29, 0.717) is 0 Å². The molecule has 0 aliphatic heterocycles. The fourth-order valence-corrected chi connectivity index (χ4v) is 3.59. The lowest BCUT2D eigenvalue weighted by atomic mass is 9.98. The van der Waals surface area contributed by atoms with Crippen LogP contribution >= 0.6 is 12.6 Å². The lowest BCUT2D eigenvalue weighted by Gasteiger charge is -2.18. The van der Waals surface area contributed by atoms with Gasteiger partial charge < -0.3 is 20.1 Å². The van der Waals surface area contributed by atoms with Crippen molar-refractivity contribution < 1.29 is 23.9 Å². The number of thiol groups is 1. The summed E-state index contributed by atoms with van der Waals surface area (Å²) < 4.78 is 9.88. The molecule has 0 saturated carbocycles. The quantitative estimate of drug-likeness (QED) is 0.477. The molecule has 2 aromatic carbocycles. The molecule has 0 bridgehead atoms. The summed E-state index contributed by atoms with van der Waals surface area (Å²) in [5, 5.41) is 4.86. The van der Waals surface area contributed by atoms with Gasteiger partial charge in [-0.2, -0.15) is 12.6 Å². The van der Waals surface area contributed by atoms with Crippen LogP contribution in [-0.4, -0.2) is 50.0 Å². The second kappa shape index (κ2) is 9.47. The summed E-state index contributed by atoms with van der Waals surface area (Å²) in [5.74, 6) is -1.15. The van der Waals surface area contributed by atoms with Gasteiger partial charge in [-0.05, 0) is 22.3 Å². The molecule has 0 fully saturated rings. The number of hydrogen-bond donors (Lipinski definition) is 3. The van der Waals surface area contributed by atoms with Crippen molar-refractivity contribution in [3.05, 3.63) is 59.7 Å². The third-order valence-electron chi connectivity index (χ3n) is 4.77. The van der Waals surface area contributed by atoms with Crippen LogP contribution in [0.5, 0.6) is 0 Å². The number of alkyl carbamates (subject to hydrolysis) is 1. The molecular weight excluding hydrogens is 392 g/mol. The lowest BCUT2D eigenvalue weighted by molar-refractivity contribution is -0.141. The van der Waals surface area contributed by atoms with Gasteiger partial charge in [-0.25, -0.2) is 4.79 Å². The smallest absolute Gasteiger partial charge is 0.407 e. The monoisotopic (exact) mass is 414 g/mol. The van der Waals surface area contributed by atoms with E-state index in [9.17, 15) is 14.4 Å². The van der Waals surface area contributed by atoms with Gasteiger partial charge in [0.2, 0.25) is 5.91 Å². The zero-order valence-electron chi connectivity index (χ0n) is 15.9. The topological polar surface area (TPSA) is 93.7 Å². The van der Waals surface area contributed by atoms with Gasteiger partial charge in [0.15, 0.2) is 0 Å². The van der Waals surface area contributed by atoms with E-state index in [1.807, 2.05) is 36.4 Å². The van der Waals surface area contributed by atoms with Crippen LogP contribution in [0.2, 0.25) is 0 Å². The zero-order valence-corrected chi connectivity index (χ0v) is 16.8. The minimum atomic E-state index is -0.932. The number of amides is 2. The Hall–Kier alpha value is -3.00. The highest BCUT2D eigenvalue weighted by atomic mass is 32.1. The van der Waals surface area contributed by atoms with Gasteiger partial charge in [0.05, 0.1) is 7.11 Å². The van der Waals surface area contributed by atoms with E-state index in [4.69, 9.17) is 4.74 Å². The second-order valence-electron chi connectivity index (χ2n) is 6.50. The van der Waals surface area contributed by atoms with Crippen molar-refractivity contribution in [2.24, 2.45) is 0 Å². The molecule has 0 aromatic heterocycles. The average molecular weight is 414 g/mol. The van der Waals surface area contributed by atoms with Crippen LogP contribution in [-0.2, 0) is 19.1 Å². The van der Waals surface area contributed by atoms with Crippen LogP contribution in [0.25, 0.3) is 11.1 Å². The van der Waals surface area contributed by atoms with E-state index in [2.05, 4.69) is 40.1 Å². The minimum Gasteiger partial charge on any atom is -0.468 e. The van der Waals surface area contributed by atoms with Crippen molar-refractivity contribution >= 4 is 30.6 Å². The largest absolute Gasteiger partial charge is 0.468 e. The molecule has 2 aromatic rings. The Kier molecular flexibility index (Phi) is 6.77. The Morgan fingerprint density at radius 3 is 2.17 bits per heavy atom. The van der Waals surface area contributed by atoms with Gasteiger partial charge in [-0.15, -0.1) is 0 Å². The molecule has 1 atom stereocenters. The molecular formula is C21H22N2O5S. The van der Waals surface area contributed by atoms with Crippen LogP contribution < -0.4 is 10.6 Å². The van der Waals surface area contributed by atoms with Crippen molar-refractivity contribution in [2.75, 3.05) is 26.0 Å². The van der Waals surface area contributed by atoms with Crippen LogP contribution in [0.3, 0.4) is 0 Å². The maximum Gasteiger partial charge on any atom is 0.407 e. The highest BCUT2D eigenvalue weighted by Crippen LogP contribution is 2.44. The molecule has 7 nitrogen and oxygen atoms in total. The Morgan fingerprint density at radius 2 is 1.62 bits per heavy atom. The first-order valence-electron chi connectivity index (χ1n) is 9.12. The Bertz CT molecular complexity index is 872. The number of carbonyl (C=O) groups is 3. The maximum absolute atomic E-state index is 12.3. The van der Waals surface area contributed by atoms with E-state index in [1.54, 1.807) is 0 Å². The summed E-state index contributed by atoms with van der Waals surface area (Å²) in [6.07, 6.45) is -0.723. The average Bonchev–Trinajstić information content (AvgIpc) is 3.07. The van der Waals surface area contributed by atoms with Gasteiger partial charge in [0, 0.05) is 11.7 Å². The number of fused-ring (bicyclic) bond motifs is 3. The maximum atomic E-state index is 12.3. The lowest BCUT2D eigenvalue weighted by Crippen LogP contribution is -2.49. The summed E-state index contributed by atoms with van der Waals surface area (Å²) in [6.45, 7) is -0.144. The molecule has 3 rings (SSSR count). The van der Waals surface area contributed by atoms with Crippen LogP contribution in [0.15, 0.2) is 48.5 Å². The molecule has 8 heteroatoms. The predicted octanol–water partition coefficient (Wildman–Crippen LogP) is 2.11. The molecule has 0 spiro atoms. The first kappa shape index (κ1) is 20.7. The minimum absolute atomic E-state index is 0.0528. The van der Waals surface area contributed by atoms with Gasteiger partial charge in [0.25, 0.3) is 0 Å². The van der Waals surface area contributed by atoms with E-state index in [-0.39, 0.29) is 24.8 Å². The standard InChI is InChI=1S/C21H22N2O5S/c1-27-19(24)10-22-20(25)18(12-29)23-21(26)28-11-17-15-8-4-2-6-13(15)14-7-3-5-9-16(14)17/h2-9,17-18,29H,10-12H2,1H3,(H,22,25)(H,23,26)/t18-/m0/s1. The van der Waals surface area contributed by atoms with Crippen molar-refractivity contribution in [1.82, 2.24) is 10.6 Å². The van der Waals surface area contributed by atoms with Gasteiger partial charge >= 0.3 is 12.1 Å². The van der Waals surface area contributed by atoms with Crippen LogP contribution in [0.4, 0.5) is 4.79 Å². The SMILES string of the molecule is COC(=O)CNC(=O)[C@H](CS)NC(=O)OCC1c2ccccc2-c2ccccc21. The number of carbonyl (C=O) groups excluding carboxylic acids is 3. The third kappa shape index (κ3) is 4.71. The number of ether oxygens (including phenoxy) is 2. The van der Waals surface area contributed by atoms with E-state index < -0.39 is 24.0 Å². The molecule has 2 amide bonds. The Morgan fingerprint density at radius 1 is 1.03 bits per heavy atom. The number of esters is 1. The number of methoxy groups -OCH3 is 1.